The molecule has 0 aliphatic carbocycles. The van der Waals surface area contributed by atoms with E-state index in [1.165, 1.54) is 18.5 Å². The van der Waals surface area contributed by atoms with Crippen LogP contribution >= 0.6 is 0 Å². The molecule has 0 bridgehead atoms. The number of aliphatic hydroxyl groups is 5. The van der Waals surface area contributed by atoms with E-state index in [1.807, 2.05) is 30.3 Å². The Balaban J connectivity index is 1.17. The summed E-state index contributed by atoms with van der Waals surface area (Å²) in [6.07, 6.45) is -11.4. The van der Waals surface area contributed by atoms with Crippen molar-refractivity contribution in [2.24, 2.45) is 0 Å². The molecule has 6 rings (SSSR count). The number of carbonyl (C=O) groups is 2. The fourth-order valence-electron chi connectivity index (χ4n) is 5.77. The van der Waals surface area contributed by atoms with Crippen LogP contribution in [0.25, 0.3) is 11.0 Å². The van der Waals surface area contributed by atoms with Crippen molar-refractivity contribution in [3.63, 3.8) is 0 Å². The second-order valence-corrected chi connectivity index (χ2v) is 12.0. The molecule has 52 heavy (non-hydrogen) atoms. The lowest BCUT2D eigenvalue weighted by Crippen LogP contribution is -2.61. The summed E-state index contributed by atoms with van der Waals surface area (Å²) in [5.41, 5.74) is 1.50. The average Bonchev–Trinajstić information content (AvgIpc) is 3.73. The molecule has 276 valence electrons. The Kier molecular flexibility index (Phi) is 10.8. The Bertz CT molecular complexity index is 1920. The van der Waals surface area contributed by atoms with Gasteiger partial charge in [-0.1, -0.05) is 36.4 Å². The minimum absolute atomic E-state index is 0.147. The van der Waals surface area contributed by atoms with E-state index in [0.29, 0.717) is 16.8 Å². The number of imidazole rings is 1. The van der Waals surface area contributed by atoms with Gasteiger partial charge in [-0.25, -0.2) is 14.6 Å². The van der Waals surface area contributed by atoms with E-state index in [-0.39, 0.29) is 30.9 Å². The molecular weight excluding hydrogens is 692 g/mol. The fourth-order valence-corrected chi connectivity index (χ4v) is 5.77. The largest absolute Gasteiger partial charge is 0.486 e. The molecule has 7 N–H and O–H groups in total. The number of nitrogens with zero attached hydrogens (tertiary/aromatic N) is 3. The van der Waals surface area contributed by atoms with Gasteiger partial charge in [0.25, 0.3) is 0 Å². The van der Waals surface area contributed by atoms with Crippen LogP contribution in [-0.4, -0.2) is 107 Å². The van der Waals surface area contributed by atoms with Crippen molar-refractivity contribution in [1.82, 2.24) is 9.55 Å². The highest BCUT2D eigenvalue weighted by Gasteiger charge is 2.48. The van der Waals surface area contributed by atoms with Crippen molar-refractivity contribution < 1.29 is 68.8 Å². The second-order valence-electron chi connectivity index (χ2n) is 12.0. The normalized spacial score (nSPS) is 25.8. The number of hydrogen-bond donors (Lipinski definition) is 7. The van der Waals surface area contributed by atoms with Gasteiger partial charge in [0.2, 0.25) is 6.29 Å². The molecule has 0 radical (unpaired) electrons. The SMILES string of the molecule is O=C(Nc1cc(OCc2ccccc2)c2ncn(C3CC(O)C(CO)O3)c2c1)OCc1ccc(OC2OC(C(=O)O)C(O)C(O)C2O)c([N+](=O)[O-])c1. The van der Waals surface area contributed by atoms with Gasteiger partial charge in [-0.15, -0.1) is 0 Å². The topological polar surface area (TPSA) is 275 Å². The van der Waals surface area contributed by atoms with Crippen molar-refractivity contribution >= 4 is 34.5 Å². The number of carbonyl (C=O) groups excluding carboxylic acids is 1. The van der Waals surface area contributed by atoms with Crippen LogP contribution in [0.2, 0.25) is 0 Å². The van der Waals surface area contributed by atoms with Gasteiger partial charge in [-0.3, -0.25) is 15.4 Å². The van der Waals surface area contributed by atoms with Gasteiger partial charge in [0, 0.05) is 24.2 Å². The van der Waals surface area contributed by atoms with Crippen LogP contribution in [0.5, 0.6) is 11.5 Å². The molecule has 0 spiro atoms. The van der Waals surface area contributed by atoms with Crippen molar-refractivity contribution in [2.45, 2.75) is 68.8 Å². The number of nitro groups is 1. The number of hydrogen-bond acceptors (Lipinski definition) is 15. The molecule has 2 aliphatic rings. The van der Waals surface area contributed by atoms with Crippen LogP contribution in [0.15, 0.2) is 67.0 Å². The summed E-state index contributed by atoms with van der Waals surface area (Å²) in [5, 5.41) is 73.7. The summed E-state index contributed by atoms with van der Waals surface area (Å²) in [7, 11) is 0. The molecule has 2 saturated heterocycles. The number of aromatic nitrogens is 2. The summed E-state index contributed by atoms with van der Waals surface area (Å²) in [5.74, 6) is -1.82. The first kappa shape index (κ1) is 36.4. The van der Waals surface area contributed by atoms with E-state index < -0.39 is 84.2 Å². The van der Waals surface area contributed by atoms with E-state index in [4.69, 9.17) is 23.7 Å². The highest BCUT2D eigenvalue weighted by atomic mass is 16.7. The lowest BCUT2D eigenvalue weighted by atomic mass is 9.99. The lowest BCUT2D eigenvalue weighted by molar-refractivity contribution is -0.387. The van der Waals surface area contributed by atoms with Crippen LogP contribution < -0.4 is 14.8 Å². The number of aliphatic hydroxyl groups excluding tert-OH is 5. The quantitative estimate of drug-likeness (QED) is 0.0797. The van der Waals surface area contributed by atoms with Gasteiger partial charge < -0.3 is 58.9 Å². The zero-order valence-electron chi connectivity index (χ0n) is 27.0. The predicted octanol–water partition coefficient (Wildman–Crippen LogP) is 1.18. The van der Waals surface area contributed by atoms with Crippen molar-refractivity contribution in [1.29, 1.82) is 0 Å². The van der Waals surface area contributed by atoms with Crippen LogP contribution in [0.3, 0.4) is 0 Å². The number of benzene rings is 3. The average molecular weight is 727 g/mol. The summed E-state index contributed by atoms with van der Waals surface area (Å²) in [4.78, 5) is 39.9. The summed E-state index contributed by atoms with van der Waals surface area (Å²) < 4.78 is 29.2. The Morgan fingerprint density at radius 2 is 1.73 bits per heavy atom. The van der Waals surface area contributed by atoms with Gasteiger partial charge in [-0.2, -0.15) is 0 Å². The number of rotatable bonds is 12. The summed E-state index contributed by atoms with van der Waals surface area (Å²) >= 11 is 0. The molecule has 8 atom stereocenters. The minimum Gasteiger partial charge on any atom is -0.486 e. The molecule has 19 heteroatoms. The molecule has 19 nitrogen and oxygen atoms in total. The zero-order chi connectivity index (χ0) is 37.1. The molecule has 2 aliphatic heterocycles. The smallest absolute Gasteiger partial charge is 0.411 e. The standard InChI is InChI=1S/C33H34N4O15/c38-12-24-21(39)11-25(50-24)36-15-34-26-20(36)9-18(10-23(26)48-13-16-4-2-1-3-5-16)35-33(45)49-14-17-6-7-22(19(8-17)37(46)47)51-32-29(42)27(40)28(41)30(52-32)31(43)44/h1-10,15,21,24-25,27-30,32,38-42H,11-14H2,(H,35,45)(H,43,44). The maximum Gasteiger partial charge on any atom is 0.411 e. The molecule has 2 fully saturated rings. The Hall–Kier alpha value is -5.41. The molecule has 1 aromatic heterocycles. The Morgan fingerprint density at radius 1 is 0.962 bits per heavy atom. The van der Waals surface area contributed by atoms with E-state index >= 15 is 0 Å². The molecule has 3 aromatic carbocycles. The zero-order valence-corrected chi connectivity index (χ0v) is 27.0. The number of carboxylic acids is 1. The number of nitro benzene ring substituents is 1. The third kappa shape index (κ3) is 7.75. The van der Waals surface area contributed by atoms with Crippen molar-refractivity contribution in [3.8, 4) is 11.5 Å². The van der Waals surface area contributed by atoms with Crippen LogP contribution in [0.4, 0.5) is 16.2 Å². The van der Waals surface area contributed by atoms with Crippen LogP contribution in [-0.2, 0) is 32.2 Å². The fraction of sp³-hybridized carbons (Fsp3) is 0.364. The molecule has 0 saturated carbocycles. The number of fused-ring (bicyclic) bond motifs is 1. The maximum absolute atomic E-state index is 13.0. The molecular formula is C33H34N4O15. The van der Waals surface area contributed by atoms with Gasteiger partial charge in [0.15, 0.2) is 11.9 Å². The summed E-state index contributed by atoms with van der Waals surface area (Å²) in [6.45, 7) is -0.655. The number of carboxylic acid groups (broad SMARTS) is 1. The number of ether oxygens (including phenoxy) is 5. The molecule has 8 unspecified atom stereocenters. The number of amides is 1. The van der Waals surface area contributed by atoms with Gasteiger partial charge in [-0.05, 0) is 23.3 Å². The van der Waals surface area contributed by atoms with Crippen LogP contribution in [0, 0.1) is 10.1 Å². The predicted molar refractivity (Wildman–Crippen MR) is 174 cm³/mol. The third-order valence-electron chi connectivity index (χ3n) is 8.47. The van der Waals surface area contributed by atoms with Gasteiger partial charge >= 0.3 is 17.7 Å². The highest BCUT2D eigenvalue weighted by Crippen LogP contribution is 2.36. The van der Waals surface area contributed by atoms with E-state index in [9.17, 15) is 50.3 Å². The molecule has 4 aromatic rings. The van der Waals surface area contributed by atoms with Gasteiger partial charge in [0.1, 0.15) is 55.1 Å². The summed E-state index contributed by atoms with van der Waals surface area (Å²) in [6, 6.07) is 15.9. The monoisotopic (exact) mass is 726 g/mol. The lowest BCUT2D eigenvalue weighted by Gasteiger charge is -2.38. The molecule has 1 amide bonds. The Morgan fingerprint density at radius 3 is 2.42 bits per heavy atom. The van der Waals surface area contributed by atoms with E-state index in [2.05, 4.69) is 10.3 Å². The Labute approximate surface area is 293 Å². The molecule has 3 heterocycles. The number of aliphatic carboxylic acids is 1. The first-order valence-electron chi connectivity index (χ1n) is 15.9. The number of anilines is 1. The van der Waals surface area contributed by atoms with Crippen molar-refractivity contribution in [3.05, 3.63) is 88.2 Å². The minimum atomic E-state index is -1.99. The third-order valence-corrected chi connectivity index (χ3v) is 8.47. The van der Waals surface area contributed by atoms with Crippen molar-refractivity contribution in [2.75, 3.05) is 11.9 Å². The highest BCUT2D eigenvalue weighted by molar-refractivity contribution is 5.92. The first-order chi connectivity index (χ1) is 24.9. The van der Waals surface area contributed by atoms with Gasteiger partial charge in [0.05, 0.1) is 29.5 Å². The second kappa shape index (κ2) is 15.5. The number of nitrogens with one attached hydrogen (secondary N) is 1. The van der Waals surface area contributed by atoms with E-state index in [1.54, 1.807) is 10.6 Å². The maximum atomic E-state index is 13.0. The van der Waals surface area contributed by atoms with Crippen LogP contribution in [0.1, 0.15) is 23.8 Å². The van der Waals surface area contributed by atoms with E-state index in [0.717, 1.165) is 17.7 Å². The first-order valence-corrected chi connectivity index (χ1v) is 15.9.